The van der Waals surface area contributed by atoms with E-state index in [1.807, 2.05) is 12.1 Å². The summed E-state index contributed by atoms with van der Waals surface area (Å²) in [6.07, 6.45) is -4.73. The minimum absolute atomic E-state index is 0.159. The predicted molar refractivity (Wildman–Crippen MR) is 115 cm³/mol. The normalized spacial score (nSPS) is 15.0. The van der Waals surface area contributed by atoms with Gasteiger partial charge < -0.3 is 10.6 Å². The first-order valence-electron chi connectivity index (χ1n) is 9.97. The Labute approximate surface area is 184 Å². The minimum atomic E-state index is -4.73. The van der Waals surface area contributed by atoms with Crippen LogP contribution in [0.25, 0.3) is 0 Å². The molecule has 0 atom stereocenters. The zero-order valence-electron chi connectivity index (χ0n) is 18.0. The molecule has 166 valence electrons. The highest BCUT2D eigenvalue weighted by atomic mass is 19.4. The van der Waals surface area contributed by atoms with E-state index < -0.39 is 11.9 Å². The average molecular weight is 440 g/mol. The Morgan fingerprint density at radius 1 is 1.12 bits per heavy atom. The third-order valence-electron chi connectivity index (χ3n) is 5.84. The summed E-state index contributed by atoms with van der Waals surface area (Å²) in [5.41, 5.74) is 6.64. The SMILES string of the molecule is CC(C(=N)c1cc(C(=O)N2CC(c3ccc(C#N)cc3)C2)c(C)cc1C)=C(N)C(F)(F)F. The van der Waals surface area contributed by atoms with Crippen LogP contribution in [0.3, 0.4) is 0 Å². The molecule has 0 bridgehead atoms. The Bertz CT molecular complexity index is 1150. The Kier molecular flexibility index (Phi) is 6.13. The van der Waals surface area contributed by atoms with Crippen LogP contribution in [0.5, 0.6) is 0 Å². The molecule has 1 heterocycles. The zero-order chi connectivity index (χ0) is 23.8. The molecule has 32 heavy (non-hydrogen) atoms. The van der Waals surface area contributed by atoms with E-state index in [1.54, 1.807) is 36.9 Å². The number of allylic oxidation sites excluding steroid dienone is 2. The van der Waals surface area contributed by atoms with Gasteiger partial charge in [-0.05, 0) is 55.7 Å². The Morgan fingerprint density at radius 3 is 2.22 bits per heavy atom. The number of benzene rings is 2. The Morgan fingerprint density at radius 2 is 1.69 bits per heavy atom. The van der Waals surface area contributed by atoms with Crippen LogP contribution in [0.15, 0.2) is 47.7 Å². The van der Waals surface area contributed by atoms with E-state index in [4.69, 9.17) is 16.4 Å². The molecule has 2 aromatic carbocycles. The number of hydrogen-bond acceptors (Lipinski definition) is 4. The van der Waals surface area contributed by atoms with Crippen LogP contribution in [0, 0.1) is 30.6 Å². The van der Waals surface area contributed by atoms with Crippen LogP contribution in [0.1, 0.15) is 51.0 Å². The van der Waals surface area contributed by atoms with Crippen LogP contribution in [-0.2, 0) is 0 Å². The van der Waals surface area contributed by atoms with Gasteiger partial charge in [-0.2, -0.15) is 18.4 Å². The molecular formula is C24H23F3N4O. The highest BCUT2D eigenvalue weighted by molar-refractivity contribution is 6.13. The quantitative estimate of drug-likeness (QED) is 0.682. The van der Waals surface area contributed by atoms with Crippen molar-refractivity contribution in [3.05, 3.63) is 81.0 Å². The van der Waals surface area contributed by atoms with Crippen molar-refractivity contribution in [1.82, 2.24) is 4.90 Å². The van der Waals surface area contributed by atoms with Crippen molar-refractivity contribution in [1.29, 1.82) is 10.7 Å². The summed E-state index contributed by atoms with van der Waals surface area (Å²) >= 11 is 0. The highest BCUT2D eigenvalue weighted by Crippen LogP contribution is 2.31. The number of nitrogens with two attached hydrogens (primary N) is 1. The lowest BCUT2D eigenvalue weighted by Crippen LogP contribution is -2.48. The minimum Gasteiger partial charge on any atom is -0.394 e. The van der Waals surface area contributed by atoms with Gasteiger partial charge in [0.1, 0.15) is 5.70 Å². The van der Waals surface area contributed by atoms with Crippen LogP contribution in [-0.4, -0.2) is 35.8 Å². The molecule has 0 aliphatic carbocycles. The molecule has 8 heteroatoms. The van der Waals surface area contributed by atoms with Crippen molar-refractivity contribution in [2.45, 2.75) is 32.9 Å². The largest absolute Gasteiger partial charge is 0.431 e. The maximum absolute atomic E-state index is 13.1. The van der Waals surface area contributed by atoms with E-state index in [2.05, 4.69) is 6.07 Å². The standard InChI is InChI=1S/C24H23F3N4O/c1-13-8-14(2)20(9-19(13)21(29)15(3)22(30)24(25,26)27)23(32)31-11-18(12-31)17-6-4-16(10-28)5-7-17/h4-9,18,29H,11-12,30H2,1-3H3. The molecule has 0 saturated carbocycles. The summed E-state index contributed by atoms with van der Waals surface area (Å²) < 4.78 is 38.9. The number of nitrogens with zero attached hydrogens (tertiary/aromatic N) is 2. The summed E-state index contributed by atoms with van der Waals surface area (Å²) in [6.45, 7) is 5.62. The zero-order valence-corrected chi connectivity index (χ0v) is 18.0. The number of hydrogen-bond donors (Lipinski definition) is 2. The number of alkyl halides is 3. The van der Waals surface area contributed by atoms with Gasteiger partial charge in [0.05, 0.1) is 17.3 Å². The fourth-order valence-corrected chi connectivity index (χ4v) is 3.76. The maximum Gasteiger partial charge on any atom is 0.431 e. The number of carbonyl (C=O) groups is 1. The maximum atomic E-state index is 13.1. The van der Waals surface area contributed by atoms with Gasteiger partial charge in [0.2, 0.25) is 0 Å². The first-order valence-corrected chi connectivity index (χ1v) is 9.97. The lowest BCUT2D eigenvalue weighted by molar-refractivity contribution is -0.0931. The molecular weight excluding hydrogens is 417 g/mol. The number of aryl methyl sites for hydroxylation is 2. The van der Waals surface area contributed by atoms with Crippen LogP contribution in [0.2, 0.25) is 0 Å². The van der Waals surface area contributed by atoms with Gasteiger partial charge in [-0.3, -0.25) is 10.2 Å². The molecule has 0 radical (unpaired) electrons. The van der Waals surface area contributed by atoms with Crippen molar-refractivity contribution in [3.63, 3.8) is 0 Å². The van der Waals surface area contributed by atoms with Crippen LogP contribution < -0.4 is 5.73 Å². The van der Waals surface area contributed by atoms with Crippen molar-refractivity contribution in [2.24, 2.45) is 5.73 Å². The molecule has 1 saturated heterocycles. The molecule has 1 aliphatic rings. The lowest BCUT2D eigenvalue weighted by atomic mass is 9.88. The van der Waals surface area contributed by atoms with Gasteiger partial charge >= 0.3 is 6.18 Å². The van der Waals surface area contributed by atoms with E-state index in [0.717, 1.165) is 12.5 Å². The molecule has 1 aliphatic heterocycles. The summed E-state index contributed by atoms with van der Waals surface area (Å²) in [4.78, 5) is 14.7. The summed E-state index contributed by atoms with van der Waals surface area (Å²) in [5.74, 6) is -0.0705. The van der Waals surface area contributed by atoms with E-state index in [1.165, 1.54) is 6.07 Å². The molecule has 5 nitrogen and oxygen atoms in total. The molecule has 0 spiro atoms. The number of nitrogens with one attached hydrogen (secondary N) is 1. The van der Waals surface area contributed by atoms with Gasteiger partial charge in [-0.1, -0.05) is 18.2 Å². The van der Waals surface area contributed by atoms with Crippen molar-refractivity contribution in [2.75, 3.05) is 13.1 Å². The molecule has 0 aromatic heterocycles. The summed E-state index contributed by atoms with van der Waals surface area (Å²) in [7, 11) is 0. The van der Waals surface area contributed by atoms with Gasteiger partial charge in [-0.15, -0.1) is 0 Å². The van der Waals surface area contributed by atoms with Crippen LogP contribution in [0.4, 0.5) is 13.2 Å². The molecule has 3 rings (SSSR count). The van der Waals surface area contributed by atoms with Crippen molar-refractivity contribution in [3.8, 4) is 6.07 Å². The van der Waals surface area contributed by atoms with Crippen molar-refractivity contribution < 1.29 is 18.0 Å². The number of rotatable bonds is 4. The predicted octanol–water partition coefficient (Wildman–Crippen LogP) is 4.58. The first-order chi connectivity index (χ1) is 14.9. The second-order valence-electron chi connectivity index (χ2n) is 8.03. The number of carbonyl (C=O) groups excluding carboxylic acids is 1. The second-order valence-corrected chi connectivity index (χ2v) is 8.03. The number of nitriles is 1. The molecule has 0 unspecified atom stereocenters. The lowest BCUT2D eigenvalue weighted by Gasteiger charge is -2.40. The average Bonchev–Trinajstić information content (AvgIpc) is 2.71. The van der Waals surface area contributed by atoms with Gasteiger partial charge in [-0.25, -0.2) is 0 Å². The third kappa shape index (κ3) is 4.37. The monoisotopic (exact) mass is 440 g/mol. The van der Waals surface area contributed by atoms with Gasteiger partial charge in [0.15, 0.2) is 0 Å². The molecule has 1 amide bonds. The van der Waals surface area contributed by atoms with E-state index in [9.17, 15) is 18.0 Å². The fourth-order valence-electron chi connectivity index (χ4n) is 3.76. The number of likely N-dealkylation sites (tertiary alicyclic amines) is 1. The second kappa shape index (κ2) is 8.50. The van der Waals surface area contributed by atoms with Gasteiger partial charge in [0, 0.05) is 35.7 Å². The van der Waals surface area contributed by atoms with Gasteiger partial charge in [0.25, 0.3) is 5.91 Å². The summed E-state index contributed by atoms with van der Waals surface area (Å²) in [6, 6.07) is 12.5. The molecule has 1 fully saturated rings. The molecule has 2 aromatic rings. The topological polar surface area (TPSA) is 94.0 Å². The Hall–Kier alpha value is -3.60. The first kappa shape index (κ1) is 23.1. The highest BCUT2D eigenvalue weighted by Gasteiger charge is 2.35. The van der Waals surface area contributed by atoms with E-state index in [0.29, 0.717) is 35.3 Å². The summed E-state index contributed by atoms with van der Waals surface area (Å²) in [5, 5.41) is 17.2. The van der Waals surface area contributed by atoms with Crippen LogP contribution >= 0.6 is 0 Å². The third-order valence-corrected chi connectivity index (χ3v) is 5.84. The fraction of sp³-hybridized carbons (Fsp3) is 0.292. The molecule has 3 N–H and O–H groups in total. The Balaban J connectivity index is 1.82. The van der Waals surface area contributed by atoms with E-state index >= 15 is 0 Å². The number of halogens is 3. The van der Waals surface area contributed by atoms with Crippen molar-refractivity contribution >= 4 is 11.6 Å². The smallest absolute Gasteiger partial charge is 0.394 e. The number of amides is 1. The van der Waals surface area contributed by atoms with E-state index in [-0.39, 0.29) is 28.7 Å².